The zero-order chi connectivity index (χ0) is 15.6. The highest BCUT2D eigenvalue weighted by Gasteiger charge is 2.42. The highest BCUT2D eigenvalue weighted by molar-refractivity contribution is 5.86. The lowest BCUT2D eigenvalue weighted by molar-refractivity contribution is -0.157. The molecule has 0 unspecified atom stereocenters. The van der Waals surface area contributed by atoms with Crippen LogP contribution in [0.25, 0.3) is 0 Å². The van der Waals surface area contributed by atoms with Crippen LogP contribution in [0.2, 0.25) is 0 Å². The van der Waals surface area contributed by atoms with E-state index in [4.69, 9.17) is 0 Å². The van der Waals surface area contributed by atoms with Crippen molar-refractivity contribution in [3.05, 3.63) is 35.6 Å². The Labute approximate surface area is 130 Å². The first kappa shape index (κ1) is 15.4. The summed E-state index contributed by atoms with van der Waals surface area (Å²) in [5.74, 6) is -0.496. The molecule has 1 aromatic carbocycles. The molecule has 5 heteroatoms. The molecular formula is C17H23FN2O2. The molecule has 0 bridgehead atoms. The van der Waals surface area contributed by atoms with Gasteiger partial charge in [0.1, 0.15) is 5.82 Å². The fourth-order valence-electron chi connectivity index (χ4n) is 3.12. The number of nitrogens with zero attached hydrogens (tertiary/aromatic N) is 1. The van der Waals surface area contributed by atoms with Crippen LogP contribution in [0.4, 0.5) is 4.39 Å². The van der Waals surface area contributed by atoms with Gasteiger partial charge in [0.25, 0.3) is 5.91 Å². The lowest BCUT2D eigenvalue weighted by atomic mass is 9.88. The first-order valence-electron chi connectivity index (χ1n) is 8.06. The van der Waals surface area contributed by atoms with E-state index in [1.807, 2.05) is 0 Å². The Bertz CT molecular complexity index is 530. The van der Waals surface area contributed by atoms with Crippen molar-refractivity contribution in [3.63, 3.8) is 0 Å². The van der Waals surface area contributed by atoms with Crippen molar-refractivity contribution in [1.82, 2.24) is 10.2 Å². The Kier molecular flexibility index (Phi) is 4.45. The average molecular weight is 306 g/mol. The van der Waals surface area contributed by atoms with E-state index in [1.165, 1.54) is 18.6 Å². The maximum atomic E-state index is 13.0. The number of amides is 1. The van der Waals surface area contributed by atoms with E-state index in [9.17, 15) is 14.3 Å². The van der Waals surface area contributed by atoms with Gasteiger partial charge in [-0.05, 0) is 43.4 Å². The van der Waals surface area contributed by atoms with Gasteiger partial charge in [-0.15, -0.1) is 0 Å². The summed E-state index contributed by atoms with van der Waals surface area (Å²) < 4.78 is 13.0. The van der Waals surface area contributed by atoms with Crippen molar-refractivity contribution in [1.29, 1.82) is 0 Å². The van der Waals surface area contributed by atoms with Crippen molar-refractivity contribution in [2.75, 3.05) is 13.1 Å². The third-order valence-electron chi connectivity index (χ3n) is 4.78. The SMILES string of the molecule is O=C1N(Cc2ccc(F)cc2)CCC[C@@]1(O)CNC1CCC1. The summed E-state index contributed by atoms with van der Waals surface area (Å²) in [4.78, 5) is 14.3. The number of nitrogens with one attached hydrogen (secondary N) is 1. The third kappa shape index (κ3) is 3.31. The molecular weight excluding hydrogens is 283 g/mol. The van der Waals surface area contributed by atoms with Crippen molar-refractivity contribution in [3.8, 4) is 0 Å². The Morgan fingerprint density at radius 1 is 1.27 bits per heavy atom. The maximum Gasteiger partial charge on any atom is 0.256 e. The molecule has 1 heterocycles. The van der Waals surface area contributed by atoms with E-state index in [1.54, 1.807) is 17.0 Å². The number of aliphatic hydroxyl groups is 1. The summed E-state index contributed by atoms with van der Waals surface area (Å²) in [5.41, 5.74) is -0.417. The second kappa shape index (κ2) is 6.34. The van der Waals surface area contributed by atoms with Crippen LogP contribution in [0.3, 0.4) is 0 Å². The second-order valence-corrected chi connectivity index (χ2v) is 6.50. The van der Waals surface area contributed by atoms with Gasteiger partial charge >= 0.3 is 0 Å². The number of benzene rings is 1. The molecule has 1 amide bonds. The van der Waals surface area contributed by atoms with Gasteiger partial charge < -0.3 is 15.3 Å². The van der Waals surface area contributed by atoms with Gasteiger partial charge in [-0.2, -0.15) is 0 Å². The molecule has 1 aliphatic carbocycles. The molecule has 3 rings (SSSR count). The monoisotopic (exact) mass is 306 g/mol. The minimum absolute atomic E-state index is 0.213. The van der Waals surface area contributed by atoms with Crippen molar-refractivity contribution in [2.24, 2.45) is 0 Å². The van der Waals surface area contributed by atoms with E-state index in [0.29, 0.717) is 32.1 Å². The predicted octanol–water partition coefficient (Wildman–Crippen LogP) is 1.82. The maximum absolute atomic E-state index is 13.0. The summed E-state index contributed by atoms with van der Waals surface area (Å²) in [6.45, 7) is 1.39. The van der Waals surface area contributed by atoms with Crippen LogP contribution in [-0.2, 0) is 11.3 Å². The van der Waals surface area contributed by atoms with Crippen molar-refractivity contribution in [2.45, 2.75) is 50.3 Å². The fraction of sp³-hybridized carbons (Fsp3) is 0.588. The number of hydrogen-bond donors (Lipinski definition) is 2. The molecule has 1 aromatic rings. The first-order valence-corrected chi connectivity index (χ1v) is 8.06. The summed E-state index contributed by atoms with van der Waals surface area (Å²) in [6.07, 6.45) is 4.77. The summed E-state index contributed by atoms with van der Waals surface area (Å²) in [5, 5.41) is 14.0. The molecule has 4 nitrogen and oxygen atoms in total. The number of piperidine rings is 1. The van der Waals surface area contributed by atoms with Gasteiger partial charge in [-0.3, -0.25) is 4.79 Å². The lowest BCUT2D eigenvalue weighted by Crippen LogP contribution is -2.59. The normalized spacial score (nSPS) is 26.1. The number of likely N-dealkylation sites (tertiary alicyclic amines) is 1. The molecule has 0 spiro atoms. The van der Waals surface area contributed by atoms with Gasteiger partial charge in [0.15, 0.2) is 5.60 Å². The van der Waals surface area contributed by atoms with Gasteiger partial charge in [0, 0.05) is 25.7 Å². The molecule has 2 N–H and O–H groups in total. The first-order chi connectivity index (χ1) is 10.6. The molecule has 1 atom stereocenters. The largest absolute Gasteiger partial charge is 0.379 e. The highest BCUT2D eigenvalue weighted by atomic mass is 19.1. The number of halogens is 1. The molecule has 2 aliphatic rings. The quantitative estimate of drug-likeness (QED) is 0.872. The Morgan fingerprint density at radius 3 is 2.64 bits per heavy atom. The molecule has 0 aromatic heterocycles. The highest BCUT2D eigenvalue weighted by Crippen LogP contribution is 2.25. The van der Waals surface area contributed by atoms with Crippen LogP contribution in [0.1, 0.15) is 37.7 Å². The Morgan fingerprint density at radius 2 is 2.00 bits per heavy atom. The van der Waals surface area contributed by atoms with Crippen LogP contribution >= 0.6 is 0 Å². The zero-order valence-corrected chi connectivity index (χ0v) is 12.7. The van der Waals surface area contributed by atoms with Gasteiger partial charge in [-0.25, -0.2) is 4.39 Å². The average Bonchev–Trinajstić information content (AvgIpc) is 2.45. The van der Waals surface area contributed by atoms with Crippen molar-refractivity contribution < 1.29 is 14.3 Å². The third-order valence-corrected chi connectivity index (χ3v) is 4.78. The summed E-state index contributed by atoms with van der Waals surface area (Å²) in [7, 11) is 0. The Balaban J connectivity index is 1.62. The van der Waals surface area contributed by atoms with Gasteiger partial charge in [0.2, 0.25) is 0 Å². The lowest BCUT2D eigenvalue weighted by Gasteiger charge is -2.40. The van der Waals surface area contributed by atoms with Gasteiger partial charge in [-0.1, -0.05) is 18.6 Å². The minimum atomic E-state index is -1.30. The molecule has 1 saturated carbocycles. The van der Waals surface area contributed by atoms with Crippen LogP contribution in [-0.4, -0.2) is 40.6 Å². The fourth-order valence-corrected chi connectivity index (χ4v) is 3.12. The van der Waals surface area contributed by atoms with Crippen molar-refractivity contribution >= 4 is 5.91 Å². The molecule has 1 saturated heterocycles. The van der Waals surface area contributed by atoms with E-state index in [-0.39, 0.29) is 11.7 Å². The summed E-state index contributed by atoms with van der Waals surface area (Å²) >= 11 is 0. The molecule has 0 radical (unpaired) electrons. The van der Waals surface area contributed by atoms with Crippen LogP contribution in [0, 0.1) is 5.82 Å². The van der Waals surface area contributed by atoms with Crippen LogP contribution in [0.5, 0.6) is 0 Å². The van der Waals surface area contributed by atoms with E-state index < -0.39 is 5.60 Å². The van der Waals surface area contributed by atoms with E-state index >= 15 is 0 Å². The number of rotatable bonds is 5. The molecule has 1 aliphatic heterocycles. The molecule has 2 fully saturated rings. The smallest absolute Gasteiger partial charge is 0.256 e. The topological polar surface area (TPSA) is 52.6 Å². The number of carbonyl (C=O) groups is 1. The molecule has 22 heavy (non-hydrogen) atoms. The number of hydrogen-bond acceptors (Lipinski definition) is 3. The predicted molar refractivity (Wildman–Crippen MR) is 81.6 cm³/mol. The van der Waals surface area contributed by atoms with Crippen LogP contribution < -0.4 is 5.32 Å². The standard InChI is InChI=1S/C17H23FN2O2/c18-14-7-5-13(6-8-14)11-20-10-2-9-17(22,16(20)21)12-19-15-3-1-4-15/h5-8,15,19,22H,1-4,9-12H2/t17-/m1/s1. The number of carbonyl (C=O) groups excluding carboxylic acids is 1. The Hall–Kier alpha value is -1.46. The second-order valence-electron chi connectivity index (χ2n) is 6.50. The minimum Gasteiger partial charge on any atom is -0.379 e. The van der Waals surface area contributed by atoms with Gasteiger partial charge in [0.05, 0.1) is 0 Å². The van der Waals surface area contributed by atoms with E-state index in [0.717, 1.165) is 24.8 Å². The summed E-state index contributed by atoms with van der Waals surface area (Å²) in [6, 6.07) is 6.61. The van der Waals surface area contributed by atoms with E-state index in [2.05, 4.69) is 5.32 Å². The molecule has 120 valence electrons. The van der Waals surface area contributed by atoms with Crippen LogP contribution in [0.15, 0.2) is 24.3 Å². The zero-order valence-electron chi connectivity index (χ0n) is 12.7.